The molecule has 8 nitrogen and oxygen atoms in total. The first-order valence-corrected chi connectivity index (χ1v) is 10.6. The molecule has 0 spiro atoms. The number of sulfone groups is 1. The first kappa shape index (κ1) is 19.3. The molecule has 0 aromatic heterocycles. The van der Waals surface area contributed by atoms with Gasteiger partial charge >= 0.3 is 5.97 Å². The van der Waals surface area contributed by atoms with Gasteiger partial charge in [-0.15, -0.1) is 10.2 Å². The number of hydrogen-bond donors (Lipinski definition) is 0. The molecule has 144 valence electrons. The second-order valence-electron chi connectivity index (χ2n) is 7.00. The van der Waals surface area contributed by atoms with Gasteiger partial charge in [-0.25, -0.2) is 13.2 Å². The van der Waals surface area contributed by atoms with E-state index in [9.17, 15) is 13.2 Å². The zero-order valence-corrected chi connectivity index (χ0v) is 16.4. The van der Waals surface area contributed by atoms with E-state index in [2.05, 4.69) is 20.7 Å². The van der Waals surface area contributed by atoms with E-state index in [1.807, 2.05) is 6.08 Å². The predicted octanol–water partition coefficient (Wildman–Crippen LogP) is 3.84. The van der Waals surface area contributed by atoms with Crippen LogP contribution in [0, 0.1) is 5.92 Å². The van der Waals surface area contributed by atoms with Crippen LogP contribution >= 0.6 is 0 Å². The van der Waals surface area contributed by atoms with Crippen molar-refractivity contribution in [3.05, 3.63) is 35.4 Å². The molecule has 1 saturated carbocycles. The summed E-state index contributed by atoms with van der Waals surface area (Å²) in [4.78, 5) is 12.5. The minimum absolute atomic E-state index is 0.0821. The monoisotopic (exact) mass is 390 g/mol. The van der Waals surface area contributed by atoms with Gasteiger partial charge in [0.2, 0.25) is 5.66 Å². The Morgan fingerprint density at radius 1 is 1.22 bits per heavy atom. The van der Waals surface area contributed by atoms with Crippen LogP contribution in [0.15, 0.2) is 49.8 Å². The van der Waals surface area contributed by atoms with Crippen LogP contribution in [0.3, 0.4) is 0 Å². The van der Waals surface area contributed by atoms with Crippen LogP contribution in [-0.2, 0) is 25.0 Å². The topological polar surface area (TPSA) is 110 Å². The number of rotatable bonds is 5. The first-order chi connectivity index (χ1) is 12.7. The highest BCUT2D eigenvalue weighted by Crippen LogP contribution is 2.38. The number of esters is 1. The number of nitrogens with zero attached hydrogens (tertiary/aromatic N) is 4. The van der Waals surface area contributed by atoms with Gasteiger partial charge in [-0.05, 0) is 53.8 Å². The van der Waals surface area contributed by atoms with Crippen molar-refractivity contribution in [1.82, 2.24) is 0 Å². The smallest absolute Gasteiger partial charge is 0.338 e. The van der Waals surface area contributed by atoms with E-state index >= 15 is 0 Å². The highest BCUT2D eigenvalue weighted by atomic mass is 32.2. The Morgan fingerprint density at radius 2 is 1.85 bits per heavy atom. The summed E-state index contributed by atoms with van der Waals surface area (Å²) < 4.78 is 29.5. The third-order valence-electron chi connectivity index (χ3n) is 4.93. The van der Waals surface area contributed by atoms with Crippen molar-refractivity contribution in [2.75, 3.05) is 13.4 Å². The van der Waals surface area contributed by atoms with Gasteiger partial charge < -0.3 is 4.74 Å². The van der Waals surface area contributed by atoms with Gasteiger partial charge in [0.15, 0.2) is 9.84 Å². The maximum absolute atomic E-state index is 12.4. The van der Waals surface area contributed by atoms with Gasteiger partial charge in [-0.2, -0.15) is 0 Å². The first-order valence-electron chi connectivity index (χ1n) is 8.74. The van der Waals surface area contributed by atoms with E-state index in [1.165, 1.54) is 13.2 Å². The molecule has 0 saturated heterocycles. The molecule has 1 aliphatic heterocycles. The van der Waals surface area contributed by atoms with Crippen molar-refractivity contribution in [3.8, 4) is 0 Å². The summed E-state index contributed by atoms with van der Waals surface area (Å²) in [5.74, 6) is -0.154. The third-order valence-corrected chi connectivity index (χ3v) is 6.08. The Bertz CT molecular complexity index is 932. The van der Waals surface area contributed by atoms with Crippen molar-refractivity contribution in [2.24, 2.45) is 26.6 Å². The third kappa shape index (κ3) is 3.97. The molecular weight excluding hydrogens is 368 g/mol. The van der Waals surface area contributed by atoms with Gasteiger partial charge in [0.05, 0.1) is 17.6 Å². The minimum Gasteiger partial charge on any atom is -0.465 e. The highest BCUT2D eigenvalue weighted by molar-refractivity contribution is 7.90. The molecule has 0 amide bonds. The maximum Gasteiger partial charge on any atom is 0.338 e. The van der Waals surface area contributed by atoms with Crippen molar-refractivity contribution in [2.45, 2.75) is 43.2 Å². The molecule has 27 heavy (non-hydrogen) atoms. The lowest BCUT2D eigenvalue weighted by Gasteiger charge is -2.19. The van der Waals surface area contributed by atoms with E-state index in [-0.39, 0.29) is 4.90 Å². The zero-order chi connectivity index (χ0) is 19.7. The summed E-state index contributed by atoms with van der Waals surface area (Å²) in [5.41, 5.74) is 0.0628. The summed E-state index contributed by atoms with van der Waals surface area (Å²) in [7, 11) is -2.21. The van der Waals surface area contributed by atoms with E-state index in [0.29, 0.717) is 22.6 Å². The number of benzene rings is 1. The quantitative estimate of drug-likeness (QED) is 0.562. The summed E-state index contributed by atoms with van der Waals surface area (Å²) in [6, 6.07) is 4.71. The number of carbonyl (C=O) groups is 1. The number of methoxy groups -OCH3 is 1. The van der Waals surface area contributed by atoms with Crippen LogP contribution in [0.1, 0.15) is 43.7 Å². The fourth-order valence-corrected chi connectivity index (χ4v) is 4.45. The summed E-state index contributed by atoms with van der Waals surface area (Å²) in [6.45, 7) is 1.62. The zero-order valence-electron chi connectivity index (χ0n) is 15.5. The molecule has 0 atom stereocenters. The van der Waals surface area contributed by atoms with Crippen LogP contribution in [-0.4, -0.2) is 27.8 Å². The molecule has 2 aliphatic rings. The second-order valence-corrected chi connectivity index (χ2v) is 8.98. The van der Waals surface area contributed by atoms with E-state index in [0.717, 1.165) is 31.9 Å². The van der Waals surface area contributed by atoms with Crippen LogP contribution in [0.2, 0.25) is 0 Å². The number of hydrogen-bond acceptors (Lipinski definition) is 8. The van der Waals surface area contributed by atoms with E-state index < -0.39 is 21.5 Å². The average Bonchev–Trinajstić information content (AvgIpc) is 3.30. The molecular formula is C18H22N4O4S. The number of ether oxygens (including phenoxy) is 1. The Kier molecular flexibility index (Phi) is 5.23. The van der Waals surface area contributed by atoms with Gasteiger partial charge in [0, 0.05) is 11.8 Å². The fraction of sp³-hybridized carbons (Fsp3) is 0.500. The molecule has 0 N–H and O–H groups in total. The lowest BCUT2D eigenvalue weighted by Crippen LogP contribution is -2.19. The minimum atomic E-state index is -3.54. The molecule has 9 heteroatoms. The molecule has 1 aromatic rings. The number of carbonyl (C=O) groups excluding carboxylic acids is 1. The van der Waals surface area contributed by atoms with Crippen LogP contribution in [0.5, 0.6) is 0 Å². The molecule has 0 unspecified atom stereocenters. The maximum atomic E-state index is 12.4. The SMILES string of the molecule is COC(=O)/C(=C/C1CCCC1)c1ccc(S(C)(=O)=O)c(C2(C)N=NN=N2)c1. The average molecular weight is 390 g/mol. The molecule has 0 bridgehead atoms. The normalized spacial score (nSPS) is 19.6. The lowest BCUT2D eigenvalue weighted by molar-refractivity contribution is -0.133. The predicted molar refractivity (Wildman–Crippen MR) is 98.6 cm³/mol. The van der Waals surface area contributed by atoms with Crippen LogP contribution < -0.4 is 0 Å². The van der Waals surface area contributed by atoms with Crippen molar-refractivity contribution >= 4 is 21.4 Å². The van der Waals surface area contributed by atoms with Gasteiger partial charge in [0.25, 0.3) is 0 Å². The molecule has 1 fully saturated rings. The largest absolute Gasteiger partial charge is 0.465 e. The van der Waals surface area contributed by atoms with Gasteiger partial charge in [0.1, 0.15) is 0 Å². The Morgan fingerprint density at radius 3 is 2.41 bits per heavy atom. The highest BCUT2D eigenvalue weighted by Gasteiger charge is 2.35. The van der Waals surface area contributed by atoms with Gasteiger partial charge in [-0.3, -0.25) is 0 Å². The van der Waals surface area contributed by atoms with Crippen LogP contribution in [0.25, 0.3) is 5.57 Å². The molecule has 1 aliphatic carbocycles. The van der Waals surface area contributed by atoms with E-state index in [4.69, 9.17) is 4.74 Å². The van der Waals surface area contributed by atoms with Crippen molar-refractivity contribution in [1.29, 1.82) is 0 Å². The fourth-order valence-electron chi connectivity index (χ4n) is 3.48. The van der Waals surface area contributed by atoms with Crippen molar-refractivity contribution < 1.29 is 17.9 Å². The van der Waals surface area contributed by atoms with Crippen molar-refractivity contribution in [3.63, 3.8) is 0 Å². The Labute approximate surface area is 158 Å². The second kappa shape index (κ2) is 7.30. The number of allylic oxidation sites excluding steroid dienone is 1. The van der Waals surface area contributed by atoms with Gasteiger partial charge in [-0.1, -0.05) is 25.0 Å². The summed E-state index contributed by atoms with van der Waals surface area (Å²) in [5, 5.41) is 15.0. The molecule has 3 rings (SSSR count). The molecule has 1 aromatic carbocycles. The summed E-state index contributed by atoms with van der Waals surface area (Å²) >= 11 is 0. The van der Waals surface area contributed by atoms with E-state index in [1.54, 1.807) is 19.1 Å². The Balaban J connectivity index is 2.16. The standard InChI is InChI=1S/C18H22N4O4S/c1-18(19-21-22-20-18)15-11-13(8-9-16(15)27(3,24)25)14(17(23)26-2)10-12-6-4-5-7-12/h8-12H,4-7H2,1-3H3/b14-10+. The molecule has 1 heterocycles. The summed E-state index contributed by atoms with van der Waals surface area (Å²) in [6.07, 6.45) is 7.36. The lowest BCUT2D eigenvalue weighted by atomic mass is 9.94. The molecule has 0 radical (unpaired) electrons. The van der Waals surface area contributed by atoms with Crippen LogP contribution in [0.4, 0.5) is 0 Å². The Hall–Kier alpha value is -2.42.